The molecule has 0 saturated carbocycles. The van der Waals surface area contributed by atoms with Gasteiger partial charge in [-0.2, -0.15) is 5.10 Å². The Balaban J connectivity index is 1.68. The third-order valence-corrected chi connectivity index (χ3v) is 7.87. The van der Waals surface area contributed by atoms with Crippen LogP contribution in [0.3, 0.4) is 0 Å². The van der Waals surface area contributed by atoms with Crippen molar-refractivity contribution in [3.05, 3.63) is 29.3 Å². The van der Waals surface area contributed by atoms with Gasteiger partial charge in [0.25, 0.3) is 5.91 Å². The van der Waals surface area contributed by atoms with Crippen LogP contribution in [0, 0.1) is 5.92 Å². The van der Waals surface area contributed by atoms with Crippen molar-refractivity contribution >= 4 is 27.1 Å². The van der Waals surface area contributed by atoms with E-state index in [1.54, 1.807) is 16.0 Å². The van der Waals surface area contributed by atoms with Crippen LogP contribution in [0.5, 0.6) is 0 Å². The number of aromatic nitrogens is 2. The molecule has 0 bridgehead atoms. The summed E-state index contributed by atoms with van der Waals surface area (Å²) < 4.78 is 25.6. The highest BCUT2D eigenvalue weighted by Gasteiger charge is 2.33. The Kier molecular flexibility index (Phi) is 4.64. The average molecular weight is 394 g/mol. The van der Waals surface area contributed by atoms with E-state index in [0.29, 0.717) is 18.0 Å². The predicted octanol–water partition coefficient (Wildman–Crippen LogP) is 2.84. The first kappa shape index (κ1) is 17.7. The molecular formula is C18H23N3O3S2. The molecule has 2 atom stereocenters. The molecule has 2 aromatic rings. The van der Waals surface area contributed by atoms with Gasteiger partial charge in [0.05, 0.1) is 28.1 Å². The van der Waals surface area contributed by atoms with E-state index in [-0.39, 0.29) is 23.5 Å². The first-order valence-corrected chi connectivity index (χ1v) is 11.8. The second kappa shape index (κ2) is 6.81. The minimum atomic E-state index is -3.02. The molecule has 0 radical (unpaired) electrons. The van der Waals surface area contributed by atoms with Crippen LogP contribution in [0.4, 0.5) is 0 Å². The van der Waals surface area contributed by atoms with Crippen LogP contribution in [0.2, 0.25) is 0 Å². The minimum Gasteiger partial charge on any atom is -0.337 e. The molecule has 2 saturated heterocycles. The van der Waals surface area contributed by atoms with Crippen molar-refractivity contribution in [3.63, 3.8) is 0 Å². The van der Waals surface area contributed by atoms with Crippen molar-refractivity contribution in [2.24, 2.45) is 5.92 Å². The molecule has 6 nitrogen and oxygen atoms in total. The number of rotatable bonds is 3. The Morgan fingerprint density at radius 1 is 1.35 bits per heavy atom. The summed E-state index contributed by atoms with van der Waals surface area (Å²) in [5, 5.41) is 6.56. The number of likely N-dealkylation sites (tertiary alicyclic amines) is 1. The predicted molar refractivity (Wildman–Crippen MR) is 102 cm³/mol. The van der Waals surface area contributed by atoms with Gasteiger partial charge in [-0.25, -0.2) is 8.42 Å². The highest BCUT2D eigenvalue weighted by atomic mass is 32.2. The quantitative estimate of drug-likeness (QED) is 0.804. The summed E-state index contributed by atoms with van der Waals surface area (Å²) in [6.45, 7) is 3.69. The Morgan fingerprint density at radius 2 is 2.19 bits per heavy atom. The van der Waals surface area contributed by atoms with Gasteiger partial charge in [-0.1, -0.05) is 13.0 Å². The molecule has 4 heterocycles. The molecular weight excluding hydrogens is 370 g/mol. The molecule has 2 aromatic heterocycles. The van der Waals surface area contributed by atoms with E-state index in [0.717, 1.165) is 36.5 Å². The third-order valence-electron chi connectivity index (χ3n) is 5.23. The van der Waals surface area contributed by atoms with Crippen LogP contribution in [0.25, 0.3) is 10.6 Å². The first-order chi connectivity index (χ1) is 12.4. The average Bonchev–Trinajstić information content (AvgIpc) is 3.32. The SMILES string of the molecule is CC1CCCN(C(=O)c2cc(-c3cccs3)n(C3CCS(=O)(=O)C3)n2)C1. The Bertz CT molecular complexity index is 902. The van der Waals surface area contributed by atoms with Gasteiger partial charge in [0.2, 0.25) is 0 Å². The zero-order chi connectivity index (χ0) is 18.3. The summed E-state index contributed by atoms with van der Waals surface area (Å²) in [5.41, 5.74) is 1.27. The second-order valence-corrected chi connectivity index (χ2v) is 10.6. The van der Waals surface area contributed by atoms with Crippen LogP contribution < -0.4 is 0 Å². The number of piperidine rings is 1. The van der Waals surface area contributed by atoms with E-state index in [9.17, 15) is 13.2 Å². The number of carbonyl (C=O) groups excluding carboxylic acids is 1. The van der Waals surface area contributed by atoms with Crippen molar-refractivity contribution < 1.29 is 13.2 Å². The summed E-state index contributed by atoms with van der Waals surface area (Å²) in [7, 11) is -3.02. The van der Waals surface area contributed by atoms with Crippen LogP contribution in [-0.4, -0.2) is 53.6 Å². The molecule has 140 valence electrons. The van der Waals surface area contributed by atoms with E-state index >= 15 is 0 Å². The second-order valence-electron chi connectivity index (χ2n) is 7.39. The van der Waals surface area contributed by atoms with Gasteiger partial charge >= 0.3 is 0 Å². The maximum atomic E-state index is 13.0. The Hall–Kier alpha value is -1.67. The van der Waals surface area contributed by atoms with Crippen molar-refractivity contribution in [1.29, 1.82) is 0 Å². The number of hydrogen-bond acceptors (Lipinski definition) is 5. The first-order valence-electron chi connectivity index (χ1n) is 9.06. The zero-order valence-corrected chi connectivity index (χ0v) is 16.4. The molecule has 0 aromatic carbocycles. The van der Waals surface area contributed by atoms with E-state index < -0.39 is 9.84 Å². The smallest absolute Gasteiger partial charge is 0.274 e. The molecule has 2 aliphatic rings. The van der Waals surface area contributed by atoms with Crippen molar-refractivity contribution in [1.82, 2.24) is 14.7 Å². The van der Waals surface area contributed by atoms with Gasteiger partial charge in [-0.3, -0.25) is 9.48 Å². The lowest BCUT2D eigenvalue weighted by atomic mass is 10.00. The fourth-order valence-electron chi connectivity index (χ4n) is 3.89. The maximum Gasteiger partial charge on any atom is 0.274 e. The Morgan fingerprint density at radius 3 is 2.85 bits per heavy atom. The lowest BCUT2D eigenvalue weighted by molar-refractivity contribution is 0.0676. The number of carbonyl (C=O) groups is 1. The molecule has 1 amide bonds. The van der Waals surface area contributed by atoms with Crippen molar-refractivity contribution in [2.75, 3.05) is 24.6 Å². The summed E-state index contributed by atoms with van der Waals surface area (Å²) in [6.07, 6.45) is 2.72. The molecule has 0 N–H and O–H groups in total. The normalized spacial score (nSPS) is 25.5. The monoisotopic (exact) mass is 393 g/mol. The minimum absolute atomic E-state index is 0.0473. The zero-order valence-electron chi connectivity index (χ0n) is 14.8. The maximum absolute atomic E-state index is 13.0. The molecule has 4 rings (SSSR count). The topological polar surface area (TPSA) is 72.3 Å². The number of hydrogen-bond donors (Lipinski definition) is 0. The number of thiophene rings is 1. The van der Waals surface area contributed by atoms with Gasteiger partial charge in [0.1, 0.15) is 0 Å². The van der Waals surface area contributed by atoms with E-state index in [1.807, 2.05) is 28.5 Å². The lowest BCUT2D eigenvalue weighted by Gasteiger charge is -2.30. The highest BCUT2D eigenvalue weighted by Crippen LogP contribution is 2.32. The highest BCUT2D eigenvalue weighted by molar-refractivity contribution is 7.91. The summed E-state index contributed by atoms with van der Waals surface area (Å²) >= 11 is 1.57. The molecule has 2 fully saturated rings. The summed E-state index contributed by atoms with van der Waals surface area (Å²) in [6, 6.07) is 5.58. The van der Waals surface area contributed by atoms with Gasteiger partial charge in [0, 0.05) is 13.1 Å². The fourth-order valence-corrected chi connectivity index (χ4v) is 6.32. The van der Waals surface area contributed by atoms with Gasteiger partial charge in [-0.05, 0) is 42.7 Å². The largest absolute Gasteiger partial charge is 0.337 e. The number of nitrogens with zero attached hydrogens (tertiary/aromatic N) is 3. The van der Waals surface area contributed by atoms with Gasteiger partial charge < -0.3 is 4.90 Å². The summed E-state index contributed by atoms with van der Waals surface area (Å²) in [4.78, 5) is 15.8. The Labute approximate surface area is 157 Å². The van der Waals surface area contributed by atoms with E-state index in [2.05, 4.69) is 12.0 Å². The lowest BCUT2D eigenvalue weighted by Crippen LogP contribution is -2.39. The van der Waals surface area contributed by atoms with Gasteiger partial charge in [-0.15, -0.1) is 11.3 Å². The molecule has 8 heteroatoms. The molecule has 2 aliphatic heterocycles. The van der Waals surface area contributed by atoms with Gasteiger partial charge in [0.15, 0.2) is 15.5 Å². The molecule has 0 spiro atoms. The van der Waals surface area contributed by atoms with Crippen LogP contribution in [0.15, 0.2) is 23.6 Å². The standard InChI is InChI=1S/C18H23N3O3S2/c1-13-4-2-7-20(11-13)18(22)15-10-16(17-5-3-8-25-17)21(19-15)14-6-9-26(23,24)12-14/h3,5,8,10,13-14H,2,4,6-7,9,11-12H2,1H3. The summed E-state index contributed by atoms with van der Waals surface area (Å²) in [5.74, 6) is 0.746. The van der Waals surface area contributed by atoms with E-state index in [4.69, 9.17) is 0 Å². The molecule has 0 aliphatic carbocycles. The number of sulfone groups is 1. The fraction of sp³-hybridized carbons (Fsp3) is 0.556. The van der Waals surface area contributed by atoms with Crippen molar-refractivity contribution in [2.45, 2.75) is 32.2 Å². The van der Waals surface area contributed by atoms with Crippen LogP contribution in [-0.2, 0) is 9.84 Å². The van der Waals surface area contributed by atoms with E-state index in [1.165, 1.54) is 0 Å². The molecule has 26 heavy (non-hydrogen) atoms. The van der Waals surface area contributed by atoms with Crippen LogP contribution in [0.1, 0.15) is 42.7 Å². The van der Waals surface area contributed by atoms with Crippen molar-refractivity contribution in [3.8, 4) is 10.6 Å². The molecule has 2 unspecified atom stereocenters. The third kappa shape index (κ3) is 3.44. The van der Waals surface area contributed by atoms with Crippen LogP contribution >= 0.6 is 11.3 Å². The number of amides is 1.